The van der Waals surface area contributed by atoms with Crippen LogP contribution in [0.1, 0.15) is 38.2 Å². The zero-order chi connectivity index (χ0) is 21.2. The molecule has 1 aliphatic carbocycles. The second-order valence-electron chi connectivity index (χ2n) is 8.46. The van der Waals surface area contributed by atoms with Crippen molar-refractivity contribution in [2.75, 3.05) is 33.4 Å². The molecule has 1 aliphatic heterocycles. The predicted molar refractivity (Wildman–Crippen MR) is 110 cm³/mol. The first-order valence-corrected chi connectivity index (χ1v) is 10.5. The smallest absolute Gasteiger partial charge is 0.243 e. The van der Waals surface area contributed by atoms with E-state index < -0.39 is 24.2 Å². The van der Waals surface area contributed by atoms with Crippen LogP contribution in [0.4, 0.5) is 0 Å². The van der Waals surface area contributed by atoms with E-state index in [0.29, 0.717) is 37.1 Å². The SMILES string of the molecule is COc1ccc([C@@H]2CN(C(=O)[C@H](CO)NCl)C[C@@]2(C)[C@@H](C)O)cc1OCC1CC1. The van der Waals surface area contributed by atoms with E-state index in [-0.39, 0.29) is 11.8 Å². The molecule has 1 aromatic rings. The molecular formula is C21H31ClN2O5. The number of ether oxygens (including phenoxy) is 2. The number of likely N-dealkylation sites (tertiary alicyclic amines) is 1. The van der Waals surface area contributed by atoms with Crippen molar-refractivity contribution in [3.8, 4) is 11.5 Å². The molecule has 0 radical (unpaired) electrons. The van der Waals surface area contributed by atoms with E-state index in [1.165, 1.54) is 12.8 Å². The molecule has 4 atom stereocenters. The Morgan fingerprint density at radius 3 is 2.69 bits per heavy atom. The highest BCUT2D eigenvalue weighted by molar-refractivity contribution is 6.15. The van der Waals surface area contributed by atoms with Crippen molar-refractivity contribution in [1.29, 1.82) is 0 Å². The molecule has 0 aromatic heterocycles. The molecule has 0 spiro atoms. The van der Waals surface area contributed by atoms with E-state index in [4.69, 9.17) is 21.3 Å². The van der Waals surface area contributed by atoms with Gasteiger partial charge in [0.25, 0.3) is 0 Å². The Balaban J connectivity index is 1.88. The van der Waals surface area contributed by atoms with Crippen LogP contribution in [0.25, 0.3) is 0 Å². The molecule has 2 fully saturated rings. The number of carbonyl (C=O) groups is 1. The number of nitrogens with one attached hydrogen (secondary N) is 1. The molecule has 1 amide bonds. The lowest BCUT2D eigenvalue weighted by Crippen LogP contribution is -2.46. The van der Waals surface area contributed by atoms with Crippen molar-refractivity contribution in [3.63, 3.8) is 0 Å². The Morgan fingerprint density at radius 1 is 1.41 bits per heavy atom. The Kier molecular flexibility index (Phi) is 6.94. The van der Waals surface area contributed by atoms with Crippen LogP contribution in [0.2, 0.25) is 0 Å². The topological polar surface area (TPSA) is 91.3 Å². The summed E-state index contributed by atoms with van der Waals surface area (Å²) in [7, 11) is 1.61. The average molecular weight is 427 g/mol. The number of hydrogen-bond donors (Lipinski definition) is 3. The van der Waals surface area contributed by atoms with Gasteiger partial charge in [-0.05, 0) is 55.2 Å². The summed E-state index contributed by atoms with van der Waals surface area (Å²) in [5.74, 6) is 1.59. The molecule has 29 heavy (non-hydrogen) atoms. The molecule has 0 unspecified atom stereocenters. The maximum absolute atomic E-state index is 12.7. The highest BCUT2D eigenvalue weighted by Crippen LogP contribution is 2.47. The molecule has 3 rings (SSSR count). The lowest BCUT2D eigenvalue weighted by Gasteiger charge is -2.34. The van der Waals surface area contributed by atoms with Crippen molar-refractivity contribution in [3.05, 3.63) is 23.8 Å². The number of benzene rings is 1. The summed E-state index contributed by atoms with van der Waals surface area (Å²) in [6, 6.07) is 4.93. The van der Waals surface area contributed by atoms with E-state index in [2.05, 4.69) is 4.84 Å². The fourth-order valence-electron chi connectivity index (χ4n) is 3.99. The predicted octanol–water partition coefficient (Wildman–Crippen LogP) is 1.90. The molecule has 8 heteroatoms. The normalized spacial score (nSPS) is 26.3. The van der Waals surface area contributed by atoms with Crippen LogP contribution in [0.15, 0.2) is 18.2 Å². The van der Waals surface area contributed by atoms with Gasteiger partial charge in [0, 0.05) is 24.4 Å². The Bertz CT molecular complexity index is 723. The number of aliphatic hydroxyl groups is 2. The van der Waals surface area contributed by atoms with Gasteiger partial charge in [-0.3, -0.25) is 4.79 Å². The summed E-state index contributed by atoms with van der Waals surface area (Å²) in [5, 5.41) is 20.0. The first-order valence-electron chi connectivity index (χ1n) is 10.1. The number of hydrogen-bond acceptors (Lipinski definition) is 6. The first-order chi connectivity index (χ1) is 13.8. The number of halogens is 1. The molecule has 162 valence electrons. The molecular weight excluding hydrogens is 396 g/mol. The molecule has 1 heterocycles. The summed E-state index contributed by atoms with van der Waals surface area (Å²) in [5.41, 5.74) is 0.430. The van der Waals surface area contributed by atoms with Gasteiger partial charge in [-0.1, -0.05) is 13.0 Å². The van der Waals surface area contributed by atoms with Gasteiger partial charge >= 0.3 is 0 Å². The van der Waals surface area contributed by atoms with Crippen molar-refractivity contribution < 1.29 is 24.5 Å². The molecule has 3 N–H and O–H groups in total. The van der Waals surface area contributed by atoms with E-state index in [1.807, 2.05) is 25.1 Å². The number of aliphatic hydroxyl groups excluding tert-OH is 2. The number of nitrogens with zero attached hydrogens (tertiary/aromatic N) is 1. The lowest BCUT2D eigenvalue weighted by atomic mass is 9.72. The maximum Gasteiger partial charge on any atom is 0.243 e. The zero-order valence-electron chi connectivity index (χ0n) is 17.2. The Labute approximate surface area is 177 Å². The van der Waals surface area contributed by atoms with Crippen LogP contribution in [0.5, 0.6) is 11.5 Å². The quantitative estimate of drug-likeness (QED) is 0.522. The summed E-state index contributed by atoms with van der Waals surface area (Å²) >= 11 is 5.61. The van der Waals surface area contributed by atoms with E-state index in [1.54, 1.807) is 18.9 Å². The van der Waals surface area contributed by atoms with Crippen molar-refractivity contribution in [2.24, 2.45) is 11.3 Å². The average Bonchev–Trinajstić information content (AvgIpc) is 3.47. The highest BCUT2D eigenvalue weighted by atomic mass is 35.5. The fourth-order valence-corrected chi connectivity index (χ4v) is 4.15. The number of rotatable bonds is 9. The fraction of sp³-hybridized carbons (Fsp3) is 0.667. The van der Waals surface area contributed by atoms with Crippen molar-refractivity contribution in [1.82, 2.24) is 9.74 Å². The van der Waals surface area contributed by atoms with Crippen LogP contribution in [-0.4, -0.2) is 66.6 Å². The van der Waals surface area contributed by atoms with Gasteiger partial charge in [-0.2, -0.15) is 0 Å². The molecule has 0 bridgehead atoms. The zero-order valence-corrected chi connectivity index (χ0v) is 18.0. The number of amides is 1. The van der Waals surface area contributed by atoms with Crippen molar-refractivity contribution in [2.45, 2.75) is 44.8 Å². The summed E-state index contributed by atoms with van der Waals surface area (Å²) < 4.78 is 11.4. The van der Waals surface area contributed by atoms with Gasteiger partial charge in [0.05, 0.1) is 26.4 Å². The monoisotopic (exact) mass is 426 g/mol. The van der Waals surface area contributed by atoms with Crippen LogP contribution in [0, 0.1) is 11.3 Å². The molecule has 1 saturated heterocycles. The second kappa shape index (κ2) is 9.08. The molecule has 2 aliphatic rings. The number of methoxy groups -OCH3 is 1. The van der Waals surface area contributed by atoms with E-state index in [0.717, 1.165) is 5.56 Å². The molecule has 1 aromatic carbocycles. The second-order valence-corrected chi connectivity index (χ2v) is 8.68. The van der Waals surface area contributed by atoms with Crippen LogP contribution in [-0.2, 0) is 4.79 Å². The minimum atomic E-state index is -0.873. The minimum Gasteiger partial charge on any atom is -0.493 e. The Hall–Kier alpha value is -1.54. The van der Waals surface area contributed by atoms with Gasteiger partial charge in [0.2, 0.25) is 5.91 Å². The Morgan fingerprint density at radius 2 is 2.14 bits per heavy atom. The first kappa shape index (κ1) is 22.2. The van der Waals surface area contributed by atoms with Gasteiger partial charge in [-0.25, -0.2) is 4.84 Å². The van der Waals surface area contributed by atoms with Gasteiger partial charge in [0.1, 0.15) is 6.04 Å². The minimum absolute atomic E-state index is 0.102. The maximum atomic E-state index is 12.7. The molecule has 7 nitrogen and oxygen atoms in total. The van der Waals surface area contributed by atoms with Crippen LogP contribution >= 0.6 is 11.8 Å². The summed E-state index contributed by atoms with van der Waals surface area (Å²) in [6.07, 6.45) is 1.75. The number of carbonyl (C=O) groups excluding carboxylic acids is 1. The summed E-state index contributed by atoms with van der Waals surface area (Å²) in [4.78, 5) is 16.7. The lowest BCUT2D eigenvalue weighted by molar-refractivity contribution is -0.133. The van der Waals surface area contributed by atoms with E-state index in [9.17, 15) is 15.0 Å². The molecule has 1 saturated carbocycles. The van der Waals surface area contributed by atoms with E-state index >= 15 is 0 Å². The third kappa shape index (κ3) is 4.63. The summed E-state index contributed by atoms with van der Waals surface area (Å²) in [6.45, 7) is 4.79. The van der Waals surface area contributed by atoms with Crippen LogP contribution in [0.3, 0.4) is 0 Å². The van der Waals surface area contributed by atoms with Crippen LogP contribution < -0.4 is 14.3 Å². The van der Waals surface area contributed by atoms with Gasteiger partial charge in [-0.15, -0.1) is 0 Å². The standard InChI is InChI=1S/C21H31ClN2O5/c1-13(26)21(2)12-24(20(27)17(10-25)23-22)9-16(21)15-6-7-18(28-3)19(8-15)29-11-14-4-5-14/h6-8,13-14,16-17,23,25-26H,4-5,9-12H2,1-3H3/t13-,16+,17+,21+/m1/s1. The highest BCUT2D eigenvalue weighted by Gasteiger charge is 2.49. The van der Waals surface area contributed by atoms with Gasteiger partial charge in [0.15, 0.2) is 11.5 Å². The third-order valence-electron chi connectivity index (χ3n) is 6.37. The third-order valence-corrected chi connectivity index (χ3v) is 6.63. The van der Waals surface area contributed by atoms with Crippen molar-refractivity contribution >= 4 is 17.7 Å². The largest absolute Gasteiger partial charge is 0.493 e. The van der Waals surface area contributed by atoms with Gasteiger partial charge < -0.3 is 24.6 Å².